The zero-order valence-electron chi connectivity index (χ0n) is 6.80. The van der Waals surface area contributed by atoms with Gasteiger partial charge in [-0.25, -0.2) is 0 Å². The van der Waals surface area contributed by atoms with Gasteiger partial charge in [-0.1, -0.05) is 13.0 Å². The lowest BCUT2D eigenvalue weighted by atomic mass is 10.1. The average Bonchev–Trinajstić information content (AvgIpc) is 1.99. The molecule has 0 aromatic carbocycles. The number of rotatable bonds is 5. The molecular weight excluding hydrogens is 124 g/mol. The number of hydrogen-bond acceptors (Lipinski definition) is 2. The molecule has 1 N–H and O–H groups in total. The van der Waals surface area contributed by atoms with Gasteiger partial charge in [-0.15, -0.1) is 6.58 Å². The standard InChI is InChI=1S/C8H16N2/c1-4-8(5-2)6-10-7-9-3/h4,6,8-9H,1,5,7H2,2-3H3. The second kappa shape index (κ2) is 6.49. The van der Waals surface area contributed by atoms with Gasteiger partial charge in [0.05, 0.1) is 6.67 Å². The zero-order valence-corrected chi connectivity index (χ0v) is 6.80. The topological polar surface area (TPSA) is 24.4 Å². The van der Waals surface area contributed by atoms with Crippen molar-refractivity contribution >= 4 is 6.21 Å². The molecule has 58 valence electrons. The SMILES string of the molecule is C=CC(C=NCNC)CC. The molecule has 0 radical (unpaired) electrons. The zero-order chi connectivity index (χ0) is 7.82. The molecule has 0 aromatic heterocycles. The van der Waals surface area contributed by atoms with Gasteiger partial charge in [0, 0.05) is 12.1 Å². The summed E-state index contributed by atoms with van der Waals surface area (Å²) in [6.07, 6.45) is 4.93. The molecule has 0 spiro atoms. The van der Waals surface area contributed by atoms with E-state index in [4.69, 9.17) is 0 Å². The first-order valence-corrected chi connectivity index (χ1v) is 3.62. The molecule has 10 heavy (non-hydrogen) atoms. The molecule has 0 saturated heterocycles. The minimum atomic E-state index is 0.438. The maximum Gasteiger partial charge on any atom is 0.0878 e. The molecule has 0 heterocycles. The smallest absolute Gasteiger partial charge is 0.0878 e. The maximum absolute atomic E-state index is 4.12. The highest BCUT2D eigenvalue weighted by Gasteiger charge is 1.92. The van der Waals surface area contributed by atoms with Crippen molar-refractivity contribution in [3.05, 3.63) is 12.7 Å². The summed E-state index contributed by atoms with van der Waals surface area (Å²) < 4.78 is 0. The van der Waals surface area contributed by atoms with Crippen LogP contribution in [0, 0.1) is 5.92 Å². The number of nitrogens with one attached hydrogen (secondary N) is 1. The van der Waals surface area contributed by atoms with Gasteiger partial charge in [0.2, 0.25) is 0 Å². The summed E-state index contributed by atoms with van der Waals surface area (Å²) in [6.45, 7) is 6.52. The Kier molecular flexibility index (Phi) is 6.08. The molecule has 0 rings (SSSR count). The third kappa shape index (κ3) is 4.27. The number of hydrogen-bond donors (Lipinski definition) is 1. The normalized spacial score (nSPS) is 13.8. The van der Waals surface area contributed by atoms with Gasteiger partial charge in [-0.3, -0.25) is 4.99 Å². The van der Waals surface area contributed by atoms with Gasteiger partial charge in [0.15, 0.2) is 0 Å². The summed E-state index contributed by atoms with van der Waals surface area (Å²) in [4.78, 5) is 4.12. The molecule has 0 saturated carbocycles. The fraction of sp³-hybridized carbons (Fsp3) is 0.625. The van der Waals surface area contributed by atoms with E-state index in [0.717, 1.165) is 6.42 Å². The van der Waals surface area contributed by atoms with Gasteiger partial charge in [0.1, 0.15) is 0 Å². The highest BCUT2D eigenvalue weighted by atomic mass is 15.0. The Labute approximate surface area is 63.0 Å². The van der Waals surface area contributed by atoms with E-state index in [0.29, 0.717) is 12.6 Å². The first-order valence-electron chi connectivity index (χ1n) is 3.62. The van der Waals surface area contributed by atoms with Crippen molar-refractivity contribution in [3.63, 3.8) is 0 Å². The fourth-order valence-corrected chi connectivity index (χ4v) is 0.612. The van der Waals surface area contributed by atoms with Gasteiger partial charge >= 0.3 is 0 Å². The number of nitrogens with zero attached hydrogens (tertiary/aromatic N) is 1. The van der Waals surface area contributed by atoms with Crippen molar-refractivity contribution in [2.75, 3.05) is 13.7 Å². The van der Waals surface area contributed by atoms with Crippen LogP contribution in [-0.2, 0) is 0 Å². The van der Waals surface area contributed by atoms with Crippen molar-refractivity contribution < 1.29 is 0 Å². The molecule has 2 heteroatoms. The lowest BCUT2D eigenvalue weighted by Crippen LogP contribution is -2.06. The van der Waals surface area contributed by atoms with Crippen molar-refractivity contribution in [3.8, 4) is 0 Å². The van der Waals surface area contributed by atoms with Crippen molar-refractivity contribution in [2.45, 2.75) is 13.3 Å². The van der Waals surface area contributed by atoms with Crippen LogP contribution in [0.5, 0.6) is 0 Å². The van der Waals surface area contributed by atoms with Crippen LogP contribution >= 0.6 is 0 Å². The molecule has 0 aromatic rings. The second-order valence-corrected chi connectivity index (χ2v) is 2.15. The van der Waals surface area contributed by atoms with E-state index in [-0.39, 0.29) is 0 Å². The van der Waals surface area contributed by atoms with E-state index in [1.54, 1.807) is 0 Å². The van der Waals surface area contributed by atoms with Crippen LogP contribution in [0.2, 0.25) is 0 Å². The van der Waals surface area contributed by atoms with Crippen LogP contribution < -0.4 is 5.32 Å². The number of allylic oxidation sites excluding steroid dienone is 1. The third-order valence-electron chi connectivity index (χ3n) is 1.32. The molecule has 0 amide bonds. The number of aliphatic imine (C=N–C) groups is 1. The lowest BCUT2D eigenvalue weighted by molar-refractivity contribution is 0.798. The van der Waals surface area contributed by atoms with Crippen molar-refractivity contribution in [2.24, 2.45) is 10.9 Å². The Bertz CT molecular complexity index is 108. The van der Waals surface area contributed by atoms with E-state index in [2.05, 4.69) is 23.8 Å². The van der Waals surface area contributed by atoms with E-state index >= 15 is 0 Å². The average molecular weight is 140 g/mol. The summed E-state index contributed by atoms with van der Waals surface area (Å²) in [7, 11) is 1.88. The summed E-state index contributed by atoms with van der Waals surface area (Å²) in [5, 5.41) is 2.94. The van der Waals surface area contributed by atoms with Gasteiger partial charge in [-0.05, 0) is 13.5 Å². The molecule has 0 aliphatic rings. The molecule has 1 atom stereocenters. The Balaban J connectivity index is 3.50. The quantitative estimate of drug-likeness (QED) is 0.453. The molecule has 0 aliphatic heterocycles. The van der Waals surface area contributed by atoms with Crippen molar-refractivity contribution in [1.82, 2.24) is 5.32 Å². The first-order chi connectivity index (χ1) is 4.85. The lowest BCUT2D eigenvalue weighted by Gasteiger charge is -1.99. The fourth-order valence-electron chi connectivity index (χ4n) is 0.612. The first kappa shape index (κ1) is 9.37. The predicted molar refractivity (Wildman–Crippen MR) is 46.4 cm³/mol. The van der Waals surface area contributed by atoms with Crippen LogP contribution in [0.4, 0.5) is 0 Å². The minimum absolute atomic E-state index is 0.438. The van der Waals surface area contributed by atoms with Gasteiger partial charge in [0.25, 0.3) is 0 Å². The van der Waals surface area contributed by atoms with E-state index in [1.165, 1.54) is 0 Å². The Hall–Kier alpha value is -0.630. The largest absolute Gasteiger partial charge is 0.301 e. The van der Waals surface area contributed by atoms with Crippen LogP contribution in [0.25, 0.3) is 0 Å². The Morgan fingerprint density at radius 3 is 2.80 bits per heavy atom. The highest BCUT2D eigenvalue weighted by molar-refractivity contribution is 5.62. The van der Waals surface area contributed by atoms with Crippen LogP contribution in [-0.4, -0.2) is 19.9 Å². The molecule has 1 unspecified atom stereocenters. The molecule has 0 aliphatic carbocycles. The summed E-state index contributed by atoms with van der Waals surface area (Å²) in [6, 6.07) is 0. The summed E-state index contributed by atoms with van der Waals surface area (Å²) >= 11 is 0. The molecular formula is C8H16N2. The highest BCUT2D eigenvalue weighted by Crippen LogP contribution is 1.98. The van der Waals surface area contributed by atoms with Crippen LogP contribution in [0.3, 0.4) is 0 Å². The van der Waals surface area contributed by atoms with E-state index in [1.807, 2.05) is 19.3 Å². The minimum Gasteiger partial charge on any atom is -0.301 e. The summed E-state index contributed by atoms with van der Waals surface area (Å²) in [5.74, 6) is 0.438. The molecule has 0 fully saturated rings. The van der Waals surface area contributed by atoms with Crippen LogP contribution in [0.1, 0.15) is 13.3 Å². The summed E-state index contributed by atoms with van der Waals surface area (Å²) in [5.41, 5.74) is 0. The van der Waals surface area contributed by atoms with Gasteiger partial charge in [-0.2, -0.15) is 0 Å². The predicted octanol–water partition coefficient (Wildman–Crippen LogP) is 1.45. The molecule has 0 bridgehead atoms. The van der Waals surface area contributed by atoms with Crippen molar-refractivity contribution in [1.29, 1.82) is 0 Å². The van der Waals surface area contributed by atoms with Crippen LogP contribution in [0.15, 0.2) is 17.6 Å². The van der Waals surface area contributed by atoms with E-state index < -0.39 is 0 Å². The monoisotopic (exact) mass is 140 g/mol. The van der Waals surface area contributed by atoms with E-state index in [9.17, 15) is 0 Å². The molecule has 2 nitrogen and oxygen atoms in total. The maximum atomic E-state index is 4.12. The second-order valence-electron chi connectivity index (χ2n) is 2.15. The Morgan fingerprint density at radius 1 is 1.70 bits per heavy atom. The third-order valence-corrected chi connectivity index (χ3v) is 1.32. The Morgan fingerprint density at radius 2 is 2.40 bits per heavy atom. The van der Waals surface area contributed by atoms with Gasteiger partial charge < -0.3 is 5.32 Å².